The lowest BCUT2D eigenvalue weighted by atomic mass is 9.95. The summed E-state index contributed by atoms with van der Waals surface area (Å²) in [4.78, 5) is 36.7. The van der Waals surface area contributed by atoms with Gasteiger partial charge in [0.25, 0.3) is 5.91 Å². The summed E-state index contributed by atoms with van der Waals surface area (Å²) >= 11 is 1.23. The van der Waals surface area contributed by atoms with E-state index in [-0.39, 0.29) is 23.3 Å². The molecule has 3 rings (SSSR count). The topological polar surface area (TPSA) is 125 Å². The van der Waals surface area contributed by atoms with E-state index in [0.717, 1.165) is 25.7 Å². The number of benzene rings is 1. The van der Waals surface area contributed by atoms with E-state index < -0.39 is 35.3 Å². The van der Waals surface area contributed by atoms with Crippen molar-refractivity contribution in [3.63, 3.8) is 0 Å². The normalized spacial score (nSPS) is 25.2. The van der Waals surface area contributed by atoms with Crippen LogP contribution < -0.4 is 27.0 Å². The minimum absolute atomic E-state index is 0.0711. The molecule has 1 aliphatic carbocycles. The van der Waals surface area contributed by atoms with E-state index in [2.05, 4.69) is 21.3 Å². The molecule has 1 aromatic carbocycles. The summed E-state index contributed by atoms with van der Waals surface area (Å²) in [6.45, 7) is 0. The summed E-state index contributed by atoms with van der Waals surface area (Å²) in [5.74, 6) is -1.31. The van der Waals surface area contributed by atoms with Crippen molar-refractivity contribution in [2.45, 2.75) is 55.9 Å². The number of halogens is 1. The van der Waals surface area contributed by atoms with Gasteiger partial charge in [0.1, 0.15) is 17.4 Å². The Morgan fingerprint density at radius 2 is 1.83 bits per heavy atom. The number of amides is 3. The zero-order valence-corrected chi connectivity index (χ0v) is 16.8. The maximum Gasteiger partial charge on any atom is 0.252 e. The van der Waals surface area contributed by atoms with Gasteiger partial charge < -0.3 is 21.7 Å². The molecule has 0 radical (unpaired) electrons. The predicted octanol–water partition coefficient (Wildman–Crippen LogP) is 0.394. The maximum absolute atomic E-state index is 13.0. The first-order chi connectivity index (χ1) is 13.9. The number of rotatable bonds is 6. The molecule has 29 heavy (non-hydrogen) atoms. The molecule has 2 fully saturated rings. The zero-order chi connectivity index (χ0) is 20.8. The van der Waals surface area contributed by atoms with Crippen molar-refractivity contribution < 1.29 is 18.8 Å². The van der Waals surface area contributed by atoms with Crippen molar-refractivity contribution in [3.05, 3.63) is 35.6 Å². The van der Waals surface area contributed by atoms with Crippen LogP contribution in [0.5, 0.6) is 0 Å². The van der Waals surface area contributed by atoms with Crippen LogP contribution >= 0.6 is 11.8 Å². The quantitative estimate of drug-likeness (QED) is 0.451. The van der Waals surface area contributed by atoms with Crippen LogP contribution in [0.1, 0.15) is 42.5 Å². The Bertz CT molecular complexity index is 742. The molecule has 0 bridgehead atoms. The third-order valence-electron chi connectivity index (χ3n) is 5.00. The van der Waals surface area contributed by atoms with Gasteiger partial charge >= 0.3 is 0 Å². The van der Waals surface area contributed by atoms with Gasteiger partial charge in [0, 0.05) is 11.6 Å². The molecule has 1 aliphatic heterocycles. The number of hydrogen-bond acceptors (Lipinski definition) is 6. The molecule has 8 nitrogen and oxygen atoms in total. The van der Waals surface area contributed by atoms with Gasteiger partial charge in [0.2, 0.25) is 11.8 Å². The van der Waals surface area contributed by atoms with E-state index in [1.165, 1.54) is 42.4 Å². The largest absolute Gasteiger partial charge is 0.353 e. The minimum atomic E-state index is -0.986. The summed E-state index contributed by atoms with van der Waals surface area (Å²) in [6.07, 6.45) is 4.68. The Hall–Kier alpha value is -2.17. The third kappa shape index (κ3) is 6.15. The average Bonchev–Trinajstić information content (AvgIpc) is 2.70. The Morgan fingerprint density at radius 1 is 1.14 bits per heavy atom. The van der Waals surface area contributed by atoms with Crippen molar-refractivity contribution in [1.29, 1.82) is 0 Å². The zero-order valence-electron chi connectivity index (χ0n) is 15.9. The average molecular weight is 424 g/mol. The van der Waals surface area contributed by atoms with E-state index in [0.29, 0.717) is 0 Å². The monoisotopic (exact) mass is 423 g/mol. The van der Waals surface area contributed by atoms with Gasteiger partial charge in [-0.25, -0.2) is 4.39 Å². The van der Waals surface area contributed by atoms with Gasteiger partial charge in [-0.15, -0.1) is 11.8 Å². The van der Waals surface area contributed by atoms with E-state index >= 15 is 0 Å². The van der Waals surface area contributed by atoms with Crippen LogP contribution in [0.15, 0.2) is 24.3 Å². The summed E-state index contributed by atoms with van der Waals surface area (Å²) in [5, 5.41) is 11.2. The highest BCUT2D eigenvalue weighted by Gasteiger charge is 2.35. The molecule has 6 N–H and O–H groups in total. The van der Waals surface area contributed by atoms with Crippen molar-refractivity contribution in [2.75, 3.05) is 5.75 Å². The second-order valence-corrected chi connectivity index (χ2v) is 8.35. The number of hydrogen-bond donors (Lipinski definition) is 5. The van der Waals surface area contributed by atoms with E-state index in [1.807, 2.05) is 0 Å². The second-order valence-electron chi connectivity index (χ2n) is 7.25. The van der Waals surface area contributed by atoms with Gasteiger partial charge in [-0.1, -0.05) is 19.3 Å². The molecule has 10 heteroatoms. The molecule has 2 aliphatic rings. The second kappa shape index (κ2) is 10.0. The number of carbonyl (C=O) groups excluding carboxylic acids is 3. The molecule has 0 spiro atoms. The third-order valence-corrected chi connectivity index (χ3v) is 6.02. The van der Waals surface area contributed by atoms with Crippen LogP contribution in [-0.4, -0.2) is 47.2 Å². The summed E-state index contributed by atoms with van der Waals surface area (Å²) in [6, 6.07) is 4.24. The molecule has 3 atom stereocenters. The SMILES string of the molecule is NC1NC(SCC(=O)NC2CCCCC2)NC(=O)C1NC(=O)c1ccc(F)cc1. The van der Waals surface area contributed by atoms with Gasteiger partial charge in [-0.3, -0.25) is 19.7 Å². The van der Waals surface area contributed by atoms with Crippen molar-refractivity contribution in [3.8, 4) is 0 Å². The first-order valence-corrected chi connectivity index (χ1v) is 10.8. The first kappa shape index (κ1) is 21.5. The van der Waals surface area contributed by atoms with Crippen LogP contribution in [0.4, 0.5) is 4.39 Å². The standard InChI is InChI=1S/C19H26FN5O3S/c20-12-8-6-11(7-9-12)17(27)23-15-16(21)24-19(25-18(15)28)29-10-14(26)22-13-4-2-1-3-5-13/h6-9,13,15-16,19,24H,1-5,10,21H2,(H,22,26)(H,23,27)(H,25,28). The van der Waals surface area contributed by atoms with Gasteiger partial charge in [0.15, 0.2) is 0 Å². The predicted molar refractivity (Wildman–Crippen MR) is 108 cm³/mol. The van der Waals surface area contributed by atoms with E-state index in [9.17, 15) is 18.8 Å². The molecule has 1 saturated heterocycles. The highest BCUT2D eigenvalue weighted by molar-refractivity contribution is 8.00. The smallest absolute Gasteiger partial charge is 0.252 e. The summed E-state index contributed by atoms with van der Waals surface area (Å²) < 4.78 is 13.0. The lowest BCUT2D eigenvalue weighted by molar-refractivity contribution is -0.126. The van der Waals surface area contributed by atoms with Crippen LogP contribution in [0.3, 0.4) is 0 Å². The minimum Gasteiger partial charge on any atom is -0.353 e. The Morgan fingerprint density at radius 3 is 2.48 bits per heavy atom. The van der Waals surface area contributed by atoms with Crippen molar-refractivity contribution in [1.82, 2.24) is 21.3 Å². The van der Waals surface area contributed by atoms with E-state index in [1.54, 1.807) is 0 Å². The molecule has 3 unspecified atom stereocenters. The first-order valence-electron chi connectivity index (χ1n) is 9.72. The van der Waals surface area contributed by atoms with Gasteiger partial charge in [-0.2, -0.15) is 0 Å². The fourth-order valence-electron chi connectivity index (χ4n) is 3.44. The number of thioether (sulfide) groups is 1. The number of carbonyl (C=O) groups is 3. The van der Waals surface area contributed by atoms with Gasteiger partial charge in [-0.05, 0) is 37.1 Å². The fourth-order valence-corrected chi connectivity index (χ4v) is 4.30. The molecule has 158 valence electrons. The fraction of sp³-hybridized carbons (Fsp3) is 0.526. The number of nitrogens with one attached hydrogen (secondary N) is 4. The molecular weight excluding hydrogens is 397 g/mol. The molecule has 0 aromatic heterocycles. The van der Waals surface area contributed by atoms with E-state index in [4.69, 9.17) is 5.73 Å². The van der Waals surface area contributed by atoms with Gasteiger partial charge in [0.05, 0.1) is 11.9 Å². The molecular formula is C19H26FN5O3S. The maximum atomic E-state index is 13.0. The van der Waals surface area contributed by atoms with Crippen LogP contribution in [0.25, 0.3) is 0 Å². The Labute approximate surface area is 172 Å². The Kier molecular flexibility index (Phi) is 7.45. The van der Waals surface area contributed by atoms with Crippen LogP contribution in [-0.2, 0) is 9.59 Å². The van der Waals surface area contributed by atoms with Crippen LogP contribution in [0.2, 0.25) is 0 Å². The molecule has 1 heterocycles. The molecule has 1 aromatic rings. The lowest BCUT2D eigenvalue weighted by Gasteiger charge is -2.35. The molecule has 3 amide bonds. The van der Waals surface area contributed by atoms with Crippen LogP contribution in [0, 0.1) is 5.82 Å². The highest BCUT2D eigenvalue weighted by Crippen LogP contribution is 2.18. The summed E-state index contributed by atoms with van der Waals surface area (Å²) in [5.41, 5.74) is 5.70. The number of nitrogens with two attached hydrogens (primary N) is 1. The Balaban J connectivity index is 1.45. The lowest BCUT2D eigenvalue weighted by Crippen LogP contribution is -2.70. The van der Waals surface area contributed by atoms with Crippen molar-refractivity contribution >= 4 is 29.5 Å². The summed E-state index contributed by atoms with van der Waals surface area (Å²) in [7, 11) is 0. The highest BCUT2D eigenvalue weighted by atomic mass is 32.2. The molecule has 1 saturated carbocycles. The van der Waals surface area contributed by atoms with Crippen molar-refractivity contribution in [2.24, 2.45) is 5.73 Å².